The van der Waals surface area contributed by atoms with Crippen molar-refractivity contribution in [1.82, 2.24) is 24.8 Å². The molecule has 1 fully saturated rings. The molecule has 1 aliphatic heterocycles. The van der Waals surface area contributed by atoms with Crippen molar-refractivity contribution in [2.75, 3.05) is 13.7 Å². The van der Waals surface area contributed by atoms with E-state index in [-0.39, 0.29) is 0 Å². The van der Waals surface area contributed by atoms with Crippen molar-refractivity contribution in [1.29, 1.82) is 0 Å². The van der Waals surface area contributed by atoms with Crippen LogP contribution in [-0.2, 0) is 17.9 Å². The number of para-hydroxylation sites is 1. The molecule has 2 aromatic heterocycles. The molecule has 0 amide bonds. The molecule has 0 aliphatic carbocycles. The van der Waals surface area contributed by atoms with Gasteiger partial charge in [-0.25, -0.2) is 15.0 Å². The molecule has 6 nitrogen and oxygen atoms in total. The van der Waals surface area contributed by atoms with E-state index in [1.165, 1.54) is 12.0 Å². The molecule has 0 radical (unpaired) electrons. The lowest BCUT2D eigenvalue weighted by Gasteiger charge is -2.22. The van der Waals surface area contributed by atoms with Gasteiger partial charge in [0.15, 0.2) is 5.82 Å². The van der Waals surface area contributed by atoms with E-state index >= 15 is 0 Å². The number of fused-ring (bicyclic) bond motifs is 1. The number of ether oxygens (including phenoxy) is 1. The summed E-state index contributed by atoms with van der Waals surface area (Å²) in [6.45, 7) is 4.47. The van der Waals surface area contributed by atoms with Gasteiger partial charge in [-0.3, -0.25) is 4.90 Å². The topological polar surface area (TPSA) is 66.9 Å². The largest absolute Gasteiger partial charge is 0.377 e. The van der Waals surface area contributed by atoms with Gasteiger partial charge in [-0.05, 0) is 37.9 Å². The van der Waals surface area contributed by atoms with E-state index in [1.54, 1.807) is 7.11 Å². The van der Waals surface area contributed by atoms with Gasteiger partial charge in [-0.2, -0.15) is 0 Å². The zero-order valence-electron chi connectivity index (χ0n) is 14.7. The van der Waals surface area contributed by atoms with Crippen molar-refractivity contribution in [3.63, 3.8) is 0 Å². The second kappa shape index (κ2) is 6.90. The van der Waals surface area contributed by atoms with Crippen molar-refractivity contribution in [3.05, 3.63) is 53.4 Å². The van der Waals surface area contributed by atoms with Crippen LogP contribution in [0.15, 0.2) is 30.6 Å². The summed E-state index contributed by atoms with van der Waals surface area (Å²) < 4.78 is 5.07. The Labute approximate surface area is 147 Å². The molecule has 1 aromatic carbocycles. The minimum atomic E-state index is 0.324. The number of nitrogens with zero attached hydrogens (tertiary/aromatic N) is 4. The fourth-order valence-corrected chi connectivity index (χ4v) is 3.58. The standard InChI is InChI=1S/C19H23N5O/c1-13-5-3-6-15-18(13)23-19(22-15)16-7-4-8-24(16)11-14-9-20-17(12-25-2)21-10-14/h3,5-6,9-10,16H,4,7-8,11-12H2,1-2H3,(H,22,23). The first-order chi connectivity index (χ1) is 12.2. The van der Waals surface area contributed by atoms with E-state index in [0.717, 1.165) is 47.8 Å². The average Bonchev–Trinajstić information content (AvgIpc) is 3.24. The smallest absolute Gasteiger partial charge is 0.153 e. The number of aromatic amines is 1. The molecule has 0 bridgehead atoms. The minimum Gasteiger partial charge on any atom is -0.377 e. The van der Waals surface area contributed by atoms with E-state index < -0.39 is 0 Å². The molecule has 0 spiro atoms. The maximum atomic E-state index is 5.07. The molecule has 25 heavy (non-hydrogen) atoms. The lowest BCUT2D eigenvalue weighted by atomic mass is 10.2. The summed E-state index contributed by atoms with van der Waals surface area (Å²) >= 11 is 0. The SMILES string of the molecule is COCc1ncc(CN2CCCC2c2nc3c(C)cccc3[nH]2)cn1. The van der Waals surface area contributed by atoms with Crippen molar-refractivity contribution in [2.45, 2.75) is 39.0 Å². The van der Waals surface area contributed by atoms with Gasteiger partial charge in [0.1, 0.15) is 12.4 Å². The van der Waals surface area contributed by atoms with Crippen LogP contribution < -0.4 is 0 Å². The van der Waals surface area contributed by atoms with Crippen LogP contribution in [0.3, 0.4) is 0 Å². The summed E-state index contributed by atoms with van der Waals surface area (Å²) in [4.78, 5) is 19.6. The lowest BCUT2D eigenvalue weighted by Crippen LogP contribution is -2.23. The summed E-state index contributed by atoms with van der Waals surface area (Å²) in [5.74, 6) is 1.79. The number of benzene rings is 1. The first-order valence-electron chi connectivity index (χ1n) is 8.72. The Morgan fingerprint density at radius 1 is 1.28 bits per heavy atom. The van der Waals surface area contributed by atoms with Crippen molar-refractivity contribution >= 4 is 11.0 Å². The zero-order chi connectivity index (χ0) is 17.2. The molecule has 4 rings (SSSR count). The second-order valence-electron chi connectivity index (χ2n) is 6.66. The Morgan fingerprint density at radius 3 is 2.88 bits per heavy atom. The molecule has 3 aromatic rings. The van der Waals surface area contributed by atoms with E-state index in [2.05, 4.69) is 45.0 Å². The lowest BCUT2D eigenvalue weighted by molar-refractivity contribution is 0.177. The van der Waals surface area contributed by atoms with Crippen LogP contribution in [0.4, 0.5) is 0 Å². The van der Waals surface area contributed by atoms with Gasteiger partial charge < -0.3 is 9.72 Å². The van der Waals surface area contributed by atoms with E-state index in [0.29, 0.717) is 12.6 Å². The Hall–Kier alpha value is -2.31. The Bertz CT molecular complexity index is 858. The number of H-pyrrole nitrogens is 1. The van der Waals surface area contributed by atoms with E-state index in [4.69, 9.17) is 9.72 Å². The summed E-state index contributed by atoms with van der Waals surface area (Å²) in [7, 11) is 1.65. The second-order valence-corrected chi connectivity index (χ2v) is 6.66. The first kappa shape index (κ1) is 16.2. The molecule has 1 unspecified atom stereocenters. The number of likely N-dealkylation sites (tertiary alicyclic amines) is 1. The van der Waals surface area contributed by atoms with Gasteiger partial charge >= 0.3 is 0 Å². The van der Waals surface area contributed by atoms with Gasteiger partial charge in [0, 0.05) is 31.6 Å². The number of nitrogens with one attached hydrogen (secondary N) is 1. The molecule has 1 N–H and O–H groups in total. The third kappa shape index (κ3) is 3.27. The van der Waals surface area contributed by atoms with Crippen molar-refractivity contribution in [2.24, 2.45) is 0 Å². The molecule has 3 heterocycles. The van der Waals surface area contributed by atoms with Crippen LogP contribution in [0.2, 0.25) is 0 Å². The number of hydrogen-bond donors (Lipinski definition) is 1. The highest BCUT2D eigenvalue weighted by atomic mass is 16.5. The third-order valence-electron chi connectivity index (χ3n) is 4.83. The highest BCUT2D eigenvalue weighted by molar-refractivity contribution is 5.78. The van der Waals surface area contributed by atoms with Gasteiger partial charge in [-0.15, -0.1) is 0 Å². The zero-order valence-corrected chi connectivity index (χ0v) is 14.7. The number of methoxy groups -OCH3 is 1. The summed E-state index contributed by atoms with van der Waals surface area (Å²) in [5, 5.41) is 0. The predicted molar refractivity (Wildman–Crippen MR) is 96.0 cm³/mol. The fraction of sp³-hybridized carbons (Fsp3) is 0.421. The average molecular weight is 337 g/mol. The van der Waals surface area contributed by atoms with Gasteiger partial charge in [0.2, 0.25) is 0 Å². The van der Waals surface area contributed by atoms with Gasteiger partial charge in [0.05, 0.1) is 17.1 Å². The maximum Gasteiger partial charge on any atom is 0.153 e. The highest BCUT2D eigenvalue weighted by Gasteiger charge is 2.28. The molecule has 1 atom stereocenters. The van der Waals surface area contributed by atoms with Gasteiger partial charge in [0.25, 0.3) is 0 Å². The van der Waals surface area contributed by atoms with Crippen LogP contribution in [0.1, 0.15) is 41.7 Å². The fourth-order valence-electron chi connectivity index (χ4n) is 3.58. The van der Waals surface area contributed by atoms with E-state index in [1.807, 2.05) is 12.4 Å². The predicted octanol–water partition coefficient (Wildman–Crippen LogP) is 3.14. The highest BCUT2D eigenvalue weighted by Crippen LogP contribution is 2.32. The number of aryl methyl sites for hydroxylation is 1. The van der Waals surface area contributed by atoms with Crippen LogP contribution >= 0.6 is 0 Å². The molecule has 1 aliphatic rings. The third-order valence-corrected chi connectivity index (χ3v) is 4.83. The minimum absolute atomic E-state index is 0.324. The van der Waals surface area contributed by atoms with Crippen molar-refractivity contribution in [3.8, 4) is 0 Å². The maximum absolute atomic E-state index is 5.07. The molecule has 6 heteroatoms. The summed E-state index contributed by atoms with van der Waals surface area (Å²) in [6, 6.07) is 6.61. The molecular weight excluding hydrogens is 314 g/mol. The van der Waals surface area contributed by atoms with Crippen molar-refractivity contribution < 1.29 is 4.74 Å². The monoisotopic (exact) mass is 337 g/mol. The van der Waals surface area contributed by atoms with Gasteiger partial charge in [-0.1, -0.05) is 12.1 Å². The summed E-state index contributed by atoms with van der Waals surface area (Å²) in [6.07, 6.45) is 6.11. The normalized spacial score (nSPS) is 18.2. The number of aromatic nitrogens is 4. The van der Waals surface area contributed by atoms with Crippen LogP contribution in [-0.4, -0.2) is 38.5 Å². The van der Waals surface area contributed by atoms with Crippen LogP contribution in [0.25, 0.3) is 11.0 Å². The molecule has 130 valence electrons. The van der Waals surface area contributed by atoms with E-state index in [9.17, 15) is 0 Å². The Morgan fingerprint density at radius 2 is 2.12 bits per heavy atom. The molecular formula is C19H23N5O. The molecule has 1 saturated heterocycles. The number of imidazole rings is 1. The van der Waals surface area contributed by atoms with Crippen LogP contribution in [0.5, 0.6) is 0 Å². The molecule has 0 saturated carbocycles. The Balaban J connectivity index is 1.54. The first-order valence-corrected chi connectivity index (χ1v) is 8.72. The van der Waals surface area contributed by atoms with Crippen LogP contribution in [0, 0.1) is 6.92 Å². The number of hydrogen-bond acceptors (Lipinski definition) is 5. The Kier molecular flexibility index (Phi) is 4.46. The number of rotatable bonds is 5. The quantitative estimate of drug-likeness (QED) is 0.775. The summed E-state index contributed by atoms with van der Waals surface area (Å²) in [5.41, 5.74) is 4.54.